The molecule has 0 unspecified atom stereocenters. The summed E-state index contributed by atoms with van der Waals surface area (Å²) < 4.78 is 0. The average Bonchev–Trinajstić information content (AvgIpc) is 3.51. The minimum absolute atomic E-state index is 0.0750. The van der Waals surface area contributed by atoms with Gasteiger partial charge in [-0.3, -0.25) is 0 Å². The molecule has 0 heterocycles. The van der Waals surface area contributed by atoms with Crippen molar-refractivity contribution in [3.05, 3.63) is 205 Å². The van der Waals surface area contributed by atoms with Crippen LogP contribution in [-0.2, 0) is 5.41 Å². The van der Waals surface area contributed by atoms with Crippen LogP contribution in [0.15, 0.2) is 194 Å². The molecule has 0 atom stereocenters. The maximum atomic E-state index is 2.44. The van der Waals surface area contributed by atoms with Crippen LogP contribution >= 0.6 is 0 Å². The van der Waals surface area contributed by atoms with Crippen LogP contribution in [0, 0.1) is 0 Å². The van der Waals surface area contributed by atoms with Crippen LogP contribution in [0.25, 0.3) is 109 Å². The molecule has 1 aliphatic carbocycles. The van der Waals surface area contributed by atoms with Crippen molar-refractivity contribution in [2.45, 2.75) is 19.3 Å². The van der Waals surface area contributed by atoms with Crippen molar-refractivity contribution >= 4 is 64.6 Å². The second kappa shape index (κ2) is 12.0. The molecule has 0 aromatic heterocycles. The van der Waals surface area contributed by atoms with Gasteiger partial charge < -0.3 is 0 Å². The van der Waals surface area contributed by atoms with Gasteiger partial charge in [-0.15, -0.1) is 0 Å². The Bertz CT molecular complexity index is 3410. The second-order valence-corrected chi connectivity index (χ2v) is 16.3. The lowest BCUT2D eigenvalue weighted by Crippen LogP contribution is -2.14. The first-order valence-electron chi connectivity index (χ1n) is 20.1. The molecule has 0 saturated heterocycles. The minimum atomic E-state index is -0.0750. The Morgan fingerprint density at radius 3 is 1.46 bits per heavy atom. The van der Waals surface area contributed by atoms with Gasteiger partial charge in [-0.25, -0.2) is 0 Å². The van der Waals surface area contributed by atoms with E-state index in [0.29, 0.717) is 0 Å². The predicted octanol–water partition coefficient (Wildman–Crippen LogP) is 15.9. The number of fused-ring (bicyclic) bond motifs is 12. The Morgan fingerprint density at radius 2 is 0.772 bits per heavy atom. The molecule has 0 bridgehead atoms. The third-order valence-electron chi connectivity index (χ3n) is 13.0. The normalized spacial score (nSPS) is 13.2. The van der Waals surface area contributed by atoms with Crippen LogP contribution in [-0.4, -0.2) is 0 Å². The summed E-state index contributed by atoms with van der Waals surface area (Å²) in [6, 6.07) is 72.6. The minimum Gasteiger partial charge on any atom is -0.0616 e. The largest absolute Gasteiger partial charge is 0.0616 e. The highest BCUT2D eigenvalue weighted by molar-refractivity contribution is 6.28. The summed E-state index contributed by atoms with van der Waals surface area (Å²) in [4.78, 5) is 0. The van der Waals surface area contributed by atoms with Gasteiger partial charge >= 0.3 is 0 Å². The highest BCUT2D eigenvalue weighted by Crippen LogP contribution is 2.55. The van der Waals surface area contributed by atoms with Crippen LogP contribution in [0.5, 0.6) is 0 Å². The highest BCUT2D eigenvalue weighted by atomic mass is 14.4. The molecular weight excluding hydrogens is 685 g/mol. The van der Waals surface area contributed by atoms with Crippen LogP contribution in [0.1, 0.15) is 25.0 Å². The van der Waals surface area contributed by atoms with E-state index in [1.54, 1.807) is 0 Å². The smallest absolute Gasteiger partial charge is 0.0159 e. The zero-order valence-corrected chi connectivity index (χ0v) is 32.0. The Morgan fingerprint density at radius 1 is 0.281 bits per heavy atom. The van der Waals surface area contributed by atoms with Crippen molar-refractivity contribution in [2.75, 3.05) is 0 Å². The zero-order chi connectivity index (χ0) is 37.8. The summed E-state index contributed by atoms with van der Waals surface area (Å²) in [5.74, 6) is 0. The van der Waals surface area contributed by atoms with E-state index in [-0.39, 0.29) is 5.41 Å². The zero-order valence-electron chi connectivity index (χ0n) is 32.0. The summed E-state index contributed by atoms with van der Waals surface area (Å²) in [7, 11) is 0. The van der Waals surface area contributed by atoms with Gasteiger partial charge in [-0.05, 0) is 126 Å². The monoisotopic (exact) mass is 722 g/mol. The third-order valence-corrected chi connectivity index (χ3v) is 13.0. The van der Waals surface area contributed by atoms with Gasteiger partial charge in [0.05, 0.1) is 0 Å². The molecule has 12 rings (SSSR count). The molecule has 57 heavy (non-hydrogen) atoms. The lowest BCUT2D eigenvalue weighted by Gasteiger charge is -2.22. The molecule has 11 aromatic carbocycles. The van der Waals surface area contributed by atoms with Crippen molar-refractivity contribution in [1.82, 2.24) is 0 Å². The Hall–Kier alpha value is -7.02. The van der Waals surface area contributed by atoms with E-state index in [2.05, 4.69) is 208 Å². The number of hydrogen-bond donors (Lipinski definition) is 0. The fourth-order valence-corrected chi connectivity index (χ4v) is 10.4. The van der Waals surface area contributed by atoms with E-state index >= 15 is 0 Å². The summed E-state index contributed by atoms with van der Waals surface area (Å²) in [5.41, 5.74) is 13.1. The molecule has 0 fully saturated rings. The topological polar surface area (TPSA) is 0 Å². The molecule has 0 amide bonds. The molecule has 1 aliphatic rings. The van der Waals surface area contributed by atoms with Crippen LogP contribution in [0.3, 0.4) is 0 Å². The molecule has 0 spiro atoms. The Kier molecular flexibility index (Phi) is 6.78. The number of benzene rings is 11. The number of hydrogen-bond acceptors (Lipinski definition) is 0. The van der Waals surface area contributed by atoms with Crippen molar-refractivity contribution in [1.29, 1.82) is 0 Å². The van der Waals surface area contributed by atoms with Gasteiger partial charge in [-0.2, -0.15) is 0 Å². The van der Waals surface area contributed by atoms with Gasteiger partial charge in [0.1, 0.15) is 0 Å². The van der Waals surface area contributed by atoms with E-state index in [1.165, 1.54) is 120 Å². The molecule has 0 saturated carbocycles. The maximum Gasteiger partial charge on any atom is 0.0159 e. The first-order chi connectivity index (χ1) is 28.1. The van der Waals surface area contributed by atoms with E-state index < -0.39 is 0 Å². The number of rotatable bonds is 3. The first-order valence-corrected chi connectivity index (χ1v) is 20.1. The molecular formula is C57H38. The fourth-order valence-electron chi connectivity index (χ4n) is 10.4. The summed E-state index contributed by atoms with van der Waals surface area (Å²) in [6.07, 6.45) is 0. The molecule has 11 aromatic rings. The van der Waals surface area contributed by atoms with E-state index in [4.69, 9.17) is 0 Å². The van der Waals surface area contributed by atoms with Crippen LogP contribution < -0.4 is 0 Å². The lowest BCUT2D eigenvalue weighted by molar-refractivity contribution is 0.661. The quantitative estimate of drug-likeness (QED) is 0.126. The SMILES string of the molecule is CC1(C)c2cccc(-c3ccc(-c4c5ccccc5c(-c5cc6ccc7ccccc7c6c6ccccc56)c5ccccc45)cc3)c2-c2c1ccc1ccccc21. The van der Waals surface area contributed by atoms with Gasteiger partial charge in [0.2, 0.25) is 0 Å². The van der Waals surface area contributed by atoms with E-state index in [9.17, 15) is 0 Å². The first kappa shape index (κ1) is 32.2. The van der Waals surface area contributed by atoms with Crippen molar-refractivity contribution in [3.63, 3.8) is 0 Å². The fraction of sp³-hybridized carbons (Fsp3) is 0.0526. The van der Waals surface area contributed by atoms with Crippen molar-refractivity contribution < 1.29 is 0 Å². The standard InChI is InChI=1S/C57H38/c1-57(2)50-25-13-24-42(55(50)56-41-17-6-4-15-36(41)32-33-51(56)57)37-26-29-38(30-27-37)52-45-20-9-11-22-47(45)54(48-23-12-10-21-46(48)52)49-34-39-31-28-35-14-3-5-16-40(35)53(39)44-19-8-7-18-43(44)49/h3-34H,1-2H3. The molecule has 0 heteroatoms. The second-order valence-electron chi connectivity index (χ2n) is 16.3. The van der Waals surface area contributed by atoms with Gasteiger partial charge in [0.15, 0.2) is 0 Å². The molecule has 0 aliphatic heterocycles. The maximum absolute atomic E-state index is 2.44. The van der Waals surface area contributed by atoms with Crippen LogP contribution in [0.4, 0.5) is 0 Å². The summed E-state index contributed by atoms with van der Waals surface area (Å²) in [5, 5.41) is 15.4. The van der Waals surface area contributed by atoms with Crippen LogP contribution in [0.2, 0.25) is 0 Å². The predicted molar refractivity (Wildman–Crippen MR) is 245 cm³/mol. The van der Waals surface area contributed by atoms with Gasteiger partial charge in [0, 0.05) is 5.41 Å². The van der Waals surface area contributed by atoms with E-state index in [1.807, 2.05) is 0 Å². The molecule has 0 radical (unpaired) electrons. The van der Waals surface area contributed by atoms with Crippen molar-refractivity contribution in [2.24, 2.45) is 0 Å². The summed E-state index contributed by atoms with van der Waals surface area (Å²) in [6.45, 7) is 4.75. The molecule has 0 N–H and O–H groups in total. The highest BCUT2D eigenvalue weighted by Gasteiger charge is 2.37. The van der Waals surface area contributed by atoms with E-state index in [0.717, 1.165) is 0 Å². The summed E-state index contributed by atoms with van der Waals surface area (Å²) >= 11 is 0. The van der Waals surface area contributed by atoms with Gasteiger partial charge in [0.25, 0.3) is 0 Å². The third kappa shape index (κ3) is 4.56. The van der Waals surface area contributed by atoms with Gasteiger partial charge in [-0.1, -0.05) is 202 Å². The Balaban J connectivity index is 1.08. The molecule has 0 nitrogen and oxygen atoms in total. The lowest BCUT2D eigenvalue weighted by atomic mass is 9.81. The van der Waals surface area contributed by atoms with Crippen molar-refractivity contribution in [3.8, 4) is 44.5 Å². The average molecular weight is 723 g/mol. The Labute approximate surface area is 332 Å². The molecule has 266 valence electrons.